The number of aliphatic carboxylic acids is 1. The predicted molar refractivity (Wildman–Crippen MR) is 379 cm³/mol. The average molecular weight is 1450 g/mol. The van der Waals surface area contributed by atoms with Crippen LogP contribution in [-0.2, 0) is 86.4 Å². The highest BCUT2D eigenvalue weighted by Gasteiger charge is 2.42. The molecule has 0 unspecified atom stereocenters. The number of rotatable bonds is 40. The first-order valence-electron chi connectivity index (χ1n) is 34.5. The molecule has 1 aromatic heterocycles. The number of hydrogen-bond acceptors (Lipinski definition) is 18. The maximum atomic E-state index is 14.7. The Labute approximate surface area is 602 Å². The fourth-order valence-corrected chi connectivity index (χ4v) is 11.5. The van der Waals surface area contributed by atoms with Gasteiger partial charge in [0.1, 0.15) is 66.5 Å². The number of nitrogens with one attached hydrogen (secondary N) is 12. The molecule has 1 aliphatic rings. The largest absolute Gasteiger partial charge is 0.480 e. The molecule has 0 radical (unpaired) electrons. The van der Waals surface area contributed by atoms with E-state index in [9.17, 15) is 87.5 Å². The van der Waals surface area contributed by atoms with E-state index in [2.05, 4.69) is 63.5 Å². The minimum absolute atomic E-state index is 0.0706. The molecule has 13 atom stereocenters. The van der Waals surface area contributed by atoms with Gasteiger partial charge >= 0.3 is 5.97 Å². The standard InChI is InChI=1S/C71H101N15O18/c1-36(2)27-46(61(93)81-51(34-87)66(98)85-59(40(9)89)69(101)82-52(35-88)65(97)84-58(39(7)8)71(103)104)77-62(94)49(30-43-32-74-45-24-17-16-23-44(43)45)78-63(95)50(31-54(72)90)76-55(91)33-75-60(92)47(28-41-19-12-10-13-20-41)79-67(99)53-25-18-26-86(53)70(102)57(38(5)6)83-64(96)48(29-42-21-14-11-15-22-42)80-68(100)56(73)37(3)4/h10-17,19-24,32,36-40,46-53,56-59,74,87-89H,18,25-31,33-35,73H2,1-9H3,(H2,72,90)(H,75,92)(H,76,91)(H,77,94)(H,78,95)(H,79,99)(H,80,100)(H,81,93)(H,82,101)(H,83,96)(H,84,97)(H,85,98)(H,103,104)/t40-,46+,47+,48+,49+,50+,51+,52+,53+,56+,57+,58+,59+/m1/s1. The van der Waals surface area contributed by atoms with Crippen molar-refractivity contribution in [1.82, 2.24) is 68.4 Å². The Morgan fingerprint density at radius 2 is 0.971 bits per heavy atom. The average Bonchev–Trinajstić information content (AvgIpc) is 1.57. The molecule has 1 saturated heterocycles. The summed E-state index contributed by atoms with van der Waals surface area (Å²) in [6.07, 6.45) is -0.940. The van der Waals surface area contributed by atoms with E-state index in [0.717, 1.165) is 12.5 Å². The van der Waals surface area contributed by atoms with E-state index >= 15 is 0 Å². The molecule has 4 aromatic rings. The summed E-state index contributed by atoms with van der Waals surface area (Å²) in [7, 11) is 0. The van der Waals surface area contributed by atoms with Crippen LogP contribution in [0.3, 0.4) is 0 Å². The number of para-hydroxylation sites is 1. The second-order valence-corrected chi connectivity index (χ2v) is 27.3. The Morgan fingerprint density at radius 1 is 0.510 bits per heavy atom. The van der Waals surface area contributed by atoms with Crippen LogP contribution in [-0.4, -0.2) is 218 Å². The molecule has 0 saturated carbocycles. The summed E-state index contributed by atoms with van der Waals surface area (Å²) in [6.45, 7) is 11.5. The van der Waals surface area contributed by atoms with E-state index in [1.54, 1.807) is 133 Å². The van der Waals surface area contributed by atoms with E-state index in [1.807, 2.05) is 0 Å². The summed E-state index contributed by atoms with van der Waals surface area (Å²) in [4.78, 5) is 197. The molecule has 0 bridgehead atoms. The molecule has 0 aliphatic carbocycles. The highest BCUT2D eigenvalue weighted by Crippen LogP contribution is 2.23. The molecule has 13 amide bonds. The van der Waals surface area contributed by atoms with Crippen LogP contribution < -0.4 is 70.0 Å². The van der Waals surface area contributed by atoms with Gasteiger partial charge < -0.3 is 100 Å². The number of benzene rings is 3. The minimum atomic E-state index is -1.90. The predicted octanol–water partition coefficient (Wildman–Crippen LogP) is -3.18. The van der Waals surface area contributed by atoms with Gasteiger partial charge in [0, 0.05) is 42.9 Å². The van der Waals surface area contributed by atoms with Gasteiger partial charge in [-0.2, -0.15) is 0 Å². The normalized spacial score (nSPS) is 16.3. The molecule has 20 N–H and O–H groups in total. The summed E-state index contributed by atoms with van der Waals surface area (Å²) >= 11 is 0. The van der Waals surface area contributed by atoms with Gasteiger partial charge in [-0.1, -0.05) is 134 Å². The van der Waals surface area contributed by atoms with Crippen LogP contribution in [0.25, 0.3) is 10.9 Å². The van der Waals surface area contributed by atoms with Crippen molar-refractivity contribution in [3.63, 3.8) is 0 Å². The van der Waals surface area contributed by atoms with Gasteiger partial charge in [-0.15, -0.1) is 0 Å². The molecule has 3 aromatic carbocycles. The summed E-state index contributed by atoms with van der Waals surface area (Å²) in [5.74, 6) is -15.5. The molecular weight excluding hydrogens is 1350 g/mol. The first-order chi connectivity index (χ1) is 49.1. The number of aromatic amines is 1. The third kappa shape index (κ3) is 25.2. The highest BCUT2D eigenvalue weighted by atomic mass is 16.4. The number of carboxylic acids is 1. The first-order valence-corrected chi connectivity index (χ1v) is 34.5. The molecule has 1 aliphatic heterocycles. The van der Waals surface area contributed by atoms with Gasteiger partial charge in [-0.3, -0.25) is 62.3 Å². The smallest absolute Gasteiger partial charge is 0.326 e. The van der Waals surface area contributed by atoms with E-state index in [0.29, 0.717) is 28.5 Å². The lowest BCUT2D eigenvalue weighted by Crippen LogP contribution is -2.62. The van der Waals surface area contributed by atoms with E-state index in [1.165, 1.54) is 18.7 Å². The number of H-pyrrole nitrogens is 1. The topological polar surface area (TPSA) is 523 Å². The number of carbonyl (C=O) groups excluding carboxylic acids is 13. The van der Waals surface area contributed by atoms with Crippen molar-refractivity contribution in [2.24, 2.45) is 35.1 Å². The maximum Gasteiger partial charge on any atom is 0.326 e. The number of amides is 13. The summed E-state index contributed by atoms with van der Waals surface area (Å²) in [5, 5.41) is 68.2. The van der Waals surface area contributed by atoms with Crippen LogP contribution in [0.5, 0.6) is 0 Å². The Bertz CT molecular complexity index is 3650. The number of nitrogens with zero attached hydrogens (tertiary/aromatic N) is 1. The Hall–Kier alpha value is -10.4. The lowest BCUT2D eigenvalue weighted by molar-refractivity contribution is -0.144. The molecule has 33 nitrogen and oxygen atoms in total. The molecular formula is C71H101N15O18. The van der Waals surface area contributed by atoms with Gasteiger partial charge in [0.25, 0.3) is 0 Å². The Balaban J connectivity index is 1.32. The number of hydrogen-bond donors (Lipinski definition) is 18. The van der Waals surface area contributed by atoms with Crippen LogP contribution >= 0.6 is 0 Å². The molecule has 5 rings (SSSR count). The van der Waals surface area contributed by atoms with Gasteiger partial charge in [-0.25, -0.2) is 4.79 Å². The number of carboxylic acid groups (broad SMARTS) is 1. The fourth-order valence-electron chi connectivity index (χ4n) is 11.5. The van der Waals surface area contributed by atoms with Crippen LogP contribution in [0.1, 0.15) is 105 Å². The van der Waals surface area contributed by atoms with Crippen LogP contribution in [0.15, 0.2) is 91.1 Å². The van der Waals surface area contributed by atoms with Gasteiger partial charge in [0.05, 0.1) is 38.3 Å². The number of fused-ring (bicyclic) bond motifs is 1. The number of nitrogens with two attached hydrogens (primary N) is 2. The second-order valence-electron chi connectivity index (χ2n) is 27.3. The molecule has 33 heteroatoms. The van der Waals surface area contributed by atoms with Crippen LogP contribution in [0.2, 0.25) is 0 Å². The number of aliphatic hydroxyl groups excluding tert-OH is 3. The molecule has 2 heterocycles. The van der Waals surface area contributed by atoms with Gasteiger partial charge in [0.15, 0.2) is 0 Å². The zero-order valence-electron chi connectivity index (χ0n) is 59.9. The van der Waals surface area contributed by atoms with Crippen molar-refractivity contribution in [3.8, 4) is 0 Å². The van der Waals surface area contributed by atoms with E-state index in [-0.39, 0.29) is 50.5 Å². The van der Waals surface area contributed by atoms with Crippen LogP contribution in [0.4, 0.5) is 0 Å². The van der Waals surface area contributed by atoms with Gasteiger partial charge in [-0.05, 0) is 72.6 Å². The summed E-state index contributed by atoms with van der Waals surface area (Å²) in [5.41, 5.74) is 14.2. The second kappa shape index (κ2) is 40.5. The summed E-state index contributed by atoms with van der Waals surface area (Å²) in [6, 6.07) is 6.67. The molecule has 104 heavy (non-hydrogen) atoms. The maximum absolute atomic E-state index is 14.7. The van der Waals surface area contributed by atoms with Crippen molar-refractivity contribution in [2.75, 3.05) is 26.3 Å². The SMILES string of the molecule is CC(C)C[C@H](NC(=O)[C@H](Cc1c[nH]c2ccccc12)NC(=O)[C@H](CC(N)=O)NC(=O)CNC(=O)[C@H](Cc1ccccc1)NC(=O)[C@@H]1CCCN1C(=O)[C@@H](NC(=O)[C@H](Cc1ccccc1)NC(=O)[C@@H](N)C(C)C)C(C)C)C(=O)N[C@@H](CO)C(=O)N[C@H](C(=O)N[C@@H](CO)C(=O)N[C@H](C(=O)O)C(C)C)[C@@H](C)O. The van der Waals surface area contributed by atoms with Crippen molar-refractivity contribution >= 4 is 93.7 Å². The summed E-state index contributed by atoms with van der Waals surface area (Å²) < 4.78 is 0. The zero-order valence-corrected chi connectivity index (χ0v) is 59.9. The number of aromatic nitrogens is 1. The van der Waals surface area contributed by atoms with Crippen molar-refractivity contribution in [2.45, 2.75) is 186 Å². The fraction of sp³-hybridized carbons (Fsp3) is 0.521. The molecule has 568 valence electrons. The van der Waals surface area contributed by atoms with Crippen molar-refractivity contribution in [3.05, 3.63) is 108 Å². The van der Waals surface area contributed by atoms with Gasteiger partial charge in [0.2, 0.25) is 76.8 Å². The third-order valence-corrected chi connectivity index (χ3v) is 17.4. The molecule has 0 spiro atoms. The quantitative estimate of drug-likeness (QED) is 0.0209. The highest BCUT2D eigenvalue weighted by molar-refractivity contribution is 6.01. The number of primary amides is 1. The number of likely N-dealkylation sites (tertiary alicyclic amines) is 1. The number of carbonyl (C=O) groups is 14. The monoisotopic (exact) mass is 1450 g/mol. The lowest BCUT2D eigenvalue weighted by Gasteiger charge is -2.32. The van der Waals surface area contributed by atoms with Crippen molar-refractivity contribution in [1.29, 1.82) is 0 Å². The lowest BCUT2D eigenvalue weighted by atomic mass is 9.99. The van der Waals surface area contributed by atoms with E-state index < -0.39 is 199 Å². The van der Waals surface area contributed by atoms with Crippen molar-refractivity contribution < 1.29 is 87.5 Å². The third-order valence-electron chi connectivity index (χ3n) is 17.4. The Kier molecular flexibility index (Phi) is 32.8. The van der Waals surface area contributed by atoms with E-state index in [4.69, 9.17) is 11.5 Å². The first kappa shape index (κ1) is 84.3. The zero-order chi connectivity index (χ0) is 77.2. The Morgan fingerprint density at radius 3 is 1.50 bits per heavy atom. The number of aliphatic hydroxyl groups is 3. The van der Waals surface area contributed by atoms with Crippen LogP contribution in [0, 0.1) is 23.7 Å². The molecule has 1 fully saturated rings. The minimum Gasteiger partial charge on any atom is -0.480 e.